The Labute approximate surface area is 125 Å². The summed E-state index contributed by atoms with van der Waals surface area (Å²) in [6.07, 6.45) is 0. The van der Waals surface area contributed by atoms with E-state index >= 15 is 0 Å². The summed E-state index contributed by atoms with van der Waals surface area (Å²) in [7, 11) is 0. The maximum absolute atomic E-state index is 12.1. The van der Waals surface area contributed by atoms with Crippen molar-refractivity contribution in [2.24, 2.45) is 0 Å². The zero-order valence-electron chi connectivity index (χ0n) is 11.8. The van der Waals surface area contributed by atoms with Crippen molar-refractivity contribution in [3.63, 3.8) is 0 Å². The summed E-state index contributed by atoms with van der Waals surface area (Å²) in [5, 5.41) is 12.7. The van der Waals surface area contributed by atoms with Crippen LogP contribution in [0.5, 0.6) is 5.75 Å². The Morgan fingerprint density at radius 1 is 1.09 bits per heavy atom. The first kappa shape index (κ1) is 13.9. The lowest BCUT2D eigenvalue weighted by molar-refractivity contribution is -0.114. The summed E-state index contributed by atoms with van der Waals surface area (Å²) in [6, 6.07) is 13.2. The first-order valence-electron chi connectivity index (χ1n) is 6.68. The molecule has 0 saturated carbocycles. The van der Waals surface area contributed by atoms with Gasteiger partial charge in [-0.15, -0.1) is 0 Å². The summed E-state index contributed by atoms with van der Waals surface area (Å²) >= 11 is 0. The molecule has 2 N–H and O–H groups in total. The quantitative estimate of drug-likeness (QED) is 0.712. The van der Waals surface area contributed by atoms with Crippen molar-refractivity contribution < 1.29 is 14.3 Å². The van der Waals surface area contributed by atoms with E-state index in [4.69, 9.17) is 4.42 Å². The molecule has 5 nitrogen and oxygen atoms in total. The van der Waals surface area contributed by atoms with Gasteiger partial charge in [0.1, 0.15) is 11.3 Å². The molecule has 110 valence electrons. The largest absolute Gasteiger partial charge is 0.508 e. The summed E-state index contributed by atoms with van der Waals surface area (Å²) < 4.78 is 5.33. The fourth-order valence-electron chi connectivity index (χ4n) is 2.23. The number of carbonyl (C=O) groups excluding carboxylic acids is 1. The molecule has 0 aliphatic rings. The Hall–Kier alpha value is -3.08. The molecule has 0 aliphatic carbocycles. The van der Waals surface area contributed by atoms with Gasteiger partial charge < -0.3 is 14.8 Å². The summed E-state index contributed by atoms with van der Waals surface area (Å²) in [5.41, 5.74) is 1.58. The number of amides is 1. The standard InChI is InChI=1S/C17H13NO4/c1-10(19)18-13-5-2-12-8-15(17(21)22-16(12)9-13)11-3-6-14(20)7-4-11/h2-9,20H,1H3,(H,18,19). The number of aromatic hydroxyl groups is 1. The SMILES string of the molecule is CC(=O)Nc1ccc2cc(-c3ccc(O)cc3)c(=O)oc2c1. The Balaban J connectivity index is 2.11. The second-order valence-corrected chi connectivity index (χ2v) is 4.93. The number of anilines is 1. The van der Waals surface area contributed by atoms with Crippen LogP contribution in [0.4, 0.5) is 5.69 Å². The minimum absolute atomic E-state index is 0.133. The molecule has 0 unspecified atom stereocenters. The van der Waals surface area contributed by atoms with Crippen LogP contribution in [0.3, 0.4) is 0 Å². The Morgan fingerprint density at radius 2 is 1.82 bits per heavy atom. The lowest BCUT2D eigenvalue weighted by atomic mass is 10.1. The number of nitrogens with one attached hydrogen (secondary N) is 1. The van der Waals surface area contributed by atoms with Crippen molar-refractivity contribution in [3.8, 4) is 16.9 Å². The molecule has 5 heteroatoms. The normalized spacial score (nSPS) is 10.6. The lowest BCUT2D eigenvalue weighted by Gasteiger charge is -2.05. The van der Waals surface area contributed by atoms with E-state index in [1.807, 2.05) is 0 Å². The molecule has 1 heterocycles. The van der Waals surface area contributed by atoms with Crippen LogP contribution in [0.15, 0.2) is 57.7 Å². The third kappa shape index (κ3) is 2.69. The van der Waals surface area contributed by atoms with Gasteiger partial charge in [0.05, 0.1) is 5.56 Å². The van der Waals surface area contributed by atoms with Gasteiger partial charge in [-0.05, 0) is 35.9 Å². The highest BCUT2D eigenvalue weighted by Gasteiger charge is 2.09. The van der Waals surface area contributed by atoms with Crippen LogP contribution in [-0.2, 0) is 4.79 Å². The zero-order chi connectivity index (χ0) is 15.7. The number of rotatable bonds is 2. The summed E-state index contributed by atoms with van der Waals surface area (Å²) in [5.74, 6) is -0.0590. The predicted molar refractivity (Wildman–Crippen MR) is 83.9 cm³/mol. The van der Waals surface area contributed by atoms with Gasteiger partial charge in [-0.1, -0.05) is 12.1 Å². The van der Waals surface area contributed by atoms with Crippen molar-refractivity contribution in [2.45, 2.75) is 6.92 Å². The van der Waals surface area contributed by atoms with Crippen LogP contribution in [0, 0.1) is 0 Å². The molecule has 1 amide bonds. The van der Waals surface area contributed by atoms with Gasteiger partial charge in [0.15, 0.2) is 0 Å². The number of hydrogen-bond acceptors (Lipinski definition) is 4. The zero-order valence-corrected chi connectivity index (χ0v) is 11.8. The lowest BCUT2D eigenvalue weighted by Crippen LogP contribution is -2.06. The number of benzene rings is 2. The van der Waals surface area contributed by atoms with Crippen LogP contribution in [0.2, 0.25) is 0 Å². The van der Waals surface area contributed by atoms with Crippen LogP contribution < -0.4 is 10.9 Å². The number of phenolic OH excluding ortho intramolecular Hbond substituents is 1. The van der Waals surface area contributed by atoms with E-state index in [0.29, 0.717) is 22.4 Å². The smallest absolute Gasteiger partial charge is 0.344 e. The molecule has 0 saturated heterocycles. The monoisotopic (exact) mass is 295 g/mol. The molecule has 0 aliphatic heterocycles. The molecule has 0 fully saturated rings. The van der Waals surface area contributed by atoms with Gasteiger partial charge in [-0.2, -0.15) is 0 Å². The minimum Gasteiger partial charge on any atom is -0.508 e. The van der Waals surface area contributed by atoms with Crippen molar-refractivity contribution in [1.82, 2.24) is 0 Å². The molecule has 0 bridgehead atoms. The highest BCUT2D eigenvalue weighted by atomic mass is 16.4. The fourth-order valence-corrected chi connectivity index (χ4v) is 2.23. The van der Waals surface area contributed by atoms with Gasteiger partial charge in [-0.25, -0.2) is 4.79 Å². The molecular weight excluding hydrogens is 282 g/mol. The average molecular weight is 295 g/mol. The minimum atomic E-state index is -0.474. The molecule has 0 radical (unpaired) electrons. The predicted octanol–water partition coefficient (Wildman–Crippen LogP) is 3.12. The molecule has 3 rings (SSSR count). The summed E-state index contributed by atoms with van der Waals surface area (Å²) in [6.45, 7) is 1.41. The van der Waals surface area contributed by atoms with Gasteiger partial charge >= 0.3 is 5.63 Å². The van der Waals surface area contributed by atoms with E-state index in [2.05, 4.69) is 5.32 Å². The highest BCUT2D eigenvalue weighted by molar-refractivity contribution is 5.92. The van der Waals surface area contributed by atoms with E-state index in [9.17, 15) is 14.7 Å². The number of phenols is 1. The van der Waals surface area contributed by atoms with E-state index in [1.165, 1.54) is 19.1 Å². The first-order valence-corrected chi connectivity index (χ1v) is 6.68. The molecule has 2 aromatic carbocycles. The number of carbonyl (C=O) groups is 1. The maximum atomic E-state index is 12.1. The molecule has 0 spiro atoms. The molecule has 22 heavy (non-hydrogen) atoms. The molecule has 0 atom stereocenters. The number of fused-ring (bicyclic) bond motifs is 1. The fraction of sp³-hybridized carbons (Fsp3) is 0.0588. The second kappa shape index (κ2) is 5.37. The first-order chi connectivity index (χ1) is 10.5. The average Bonchev–Trinajstić information content (AvgIpc) is 2.47. The van der Waals surface area contributed by atoms with E-state index in [-0.39, 0.29) is 11.7 Å². The third-order valence-corrected chi connectivity index (χ3v) is 3.23. The van der Waals surface area contributed by atoms with Gasteiger partial charge in [0, 0.05) is 24.1 Å². The van der Waals surface area contributed by atoms with E-state index < -0.39 is 5.63 Å². The van der Waals surface area contributed by atoms with Gasteiger partial charge in [0.2, 0.25) is 5.91 Å². The topological polar surface area (TPSA) is 79.5 Å². The van der Waals surface area contributed by atoms with Crippen molar-refractivity contribution in [3.05, 3.63) is 59.0 Å². The van der Waals surface area contributed by atoms with Crippen molar-refractivity contribution in [2.75, 3.05) is 5.32 Å². The highest BCUT2D eigenvalue weighted by Crippen LogP contribution is 2.24. The Bertz CT molecular complexity index is 910. The molecule has 3 aromatic rings. The van der Waals surface area contributed by atoms with Crippen molar-refractivity contribution >= 4 is 22.6 Å². The van der Waals surface area contributed by atoms with Crippen molar-refractivity contribution in [1.29, 1.82) is 0 Å². The maximum Gasteiger partial charge on any atom is 0.344 e. The van der Waals surface area contributed by atoms with Crippen LogP contribution in [0.1, 0.15) is 6.92 Å². The van der Waals surface area contributed by atoms with Gasteiger partial charge in [-0.3, -0.25) is 4.79 Å². The summed E-state index contributed by atoms with van der Waals surface area (Å²) in [4.78, 5) is 23.2. The Kier molecular flexibility index (Phi) is 3.39. The van der Waals surface area contributed by atoms with Crippen LogP contribution >= 0.6 is 0 Å². The second-order valence-electron chi connectivity index (χ2n) is 4.93. The van der Waals surface area contributed by atoms with E-state index in [0.717, 1.165) is 5.39 Å². The van der Waals surface area contributed by atoms with Crippen LogP contribution in [-0.4, -0.2) is 11.0 Å². The molecule has 1 aromatic heterocycles. The van der Waals surface area contributed by atoms with E-state index in [1.54, 1.807) is 36.4 Å². The Morgan fingerprint density at radius 3 is 2.50 bits per heavy atom. The third-order valence-electron chi connectivity index (χ3n) is 3.23. The molecular formula is C17H13NO4. The van der Waals surface area contributed by atoms with Crippen LogP contribution in [0.25, 0.3) is 22.1 Å². The number of hydrogen-bond donors (Lipinski definition) is 2. The van der Waals surface area contributed by atoms with Gasteiger partial charge in [0.25, 0.3) is 0 Å².